The van der Waals surface area contributed by atoms with Gasteiger partial charge in [0.25, 0.3) is 0 Å². The lowest BCUT2D eigenvalue weighted by molar-refractivity contribution is -0.149. The highest BCUT2D eigenvalue weighted by atomic mass is 19.1. The first-order valence-electron chi connectivity index (χ1n) is 11.9. The largest absolute Gasteiger partial charge is 0.481 e. The zero-order valence-corrected chi connectivity index (χ0v) is 20.3. The number of halogens is 3. The molecule has 3 heterocycles. The highest BCUT2D eigenvalue weighted by molar-refractivity contribution is 5.85. The van der Waals surface area contributed by atoms with Gasteiger partial charge in [0.15, 0.2) is 0 Å². The van der Waals surface area contributed by atoms with Crippen molar-refractivity contribution in [2.75, 3.05) is 24.5 Å². The number of aromatic nitrogens is 1. The number of rotatable bonds is 5. The molecule has 1 aromatic heterocycles. The van der Waals surface area contributed by atoms with Gasteiger partial charge in [-0.25, -0.2) is 13.2 Å². The summed E-state index contributed by atoms with van der Waals surface area (Å²) in [7, 11) is 0. The number of nitrogens with zero attached hydrogens (tertiary/aromatic N) is 2. The topological polar surface area (TPSA) is 59.6 Å². The molecule has 5 rings (SSSR count). The van der Waals surface area contributed by atoms with Crippen LogP contribution in [0.1, 0.15) is 50.6 Å². The van der Waals surface area contributed by atoms with Crippen molar-refractivity contribution in [3.63, 3.8) is 0 Å². The number of aliphatic carboxylic acids is 1. The van der Waals surface area contributed by atoms with Crippen molar-refractivity contribution in [1.29, 1.82) is 0 Å². The number of aromatic amines is 1. The maximum atomic E-state index is 15.7. The Labute approximate surface area is 202 Å². The summed E-state index contributed by atoms with van der Waals surface area (Å²) in [5.74, 6) is -2.39. The van der Waals surface area contributed by atoms with Gasteiger partial charge in [0.1, 0.15) is 17.3 Å². The summed E-state index contributed by atoms with van der Waals surface area (Å²) in [6.45, 7) is 6.88. The summed E-state index contributed by atoms with van der Waals surface area (Å²) in [6, 6.07) is 9.30. The van der Waals surface area contributed by atoms with Crippen LogP contribution in [0.3, 0.4) is 0 Å². The molecule has 8 heteroatoms. The molecule has 2 aliphatic heterocycles. The highest BCUT2D eigenvalue weighted by Gasteiger charge is 2.46. The monoisotopic (exact) mass is 485 g/mol. The number of para-hydroxylation sites is 1. The Morgan fingerprint density at radius 2 is 1.83 bits per heavy atom. The van der Waals surface area contributed by atoms with E-state index >= 15 is 8.78 Å². The number of nitrogens with one attached hydrogen (secondary N) is 1. The Hall–Kier alpha value is -3.00. The predicted octanol–water partition coefficient (Wildman–Crippen LogP) is 5.44. The summed E-state index contributed by atoms with van der Waals surface area (Å²) in [5.41, 5.74) is 0.228. The SMILES string of the molecule is C[C@@H]1Cc2c([nH]c3ccccc23)[C@@H](c2c(F)cc(N3CC(C)(C(=O)O)C3)cc2F)N1CC(C)(C)F. The quantitative estimate of drug-likeness (QED) is 0.505. The predicted molar refractivity (Wildman–Crippen MR) is 130 cm³/mol. The molecule has 5 nitrogen and oxygen atoms in total. The maximum Gasteiger partial charge on any atom is 0.312 e. The second kappa shape index (κ2) is 8.01. The molecule has 2 aliphatic rings. The number of anilines is 1. The molecule has 2 N–H and O–H groups in total. The van der Waals surface area contributed by atoms with Crippen molar-refractivity contribution in [2.24, 2.45) is 5.41 Å². The van der Waals surface area contributed by atoms with Crippen LogP contribution in [0.2, 0.25) is 0 Å². The van der Waals surface area contributed by atoms with Gasteiger partial charge in [-0.1, -0.05) is 18.2 Å². The summed E-state index contributed by atoms with van der Waals surface area (Å²) in [4.78, 5) is 18.3. The van der Waals surface area contributed by atoms with Gasteiger partial charge in [-0.15, -0.1) is 0 Å². The Morgan fingerprint density at radius 3 is 2.43 bits per heavy atom. The van der Waals surface area contributed by atoms with Crippen molar-refractivity contribution in [1.82, 2.24) is 9.88 Å². The minimum atomic E-state index is -1.57. The van der Waals surface area contributed by atoms with Crippen LogP contribution in [-0.4, -0.2) is 52.3 Å². The molecule has 1 fully saturated rings. The third-order valence-electron chi connectivity index (χ3n) is 7.37. The van der Waals surface area contributed by atoms with Gasteiger partial charge in [-0.3, -0.25) is 9.69 Å². The zero-order valence-electron chi connectivity index (χ0n) is 20.3. The average molecular weight is 486 g/mol. The van der Waals surface area contributed by atoms with E-state index in [0.717, 1.165) is 16.5 Å². The van der Waals surface area contributed by atoms with Crippen LogP contribution in [0.5, 0.6) is 0 Å². The first-order valence-corrected chi connectivity index (χ1v) is 11.9. The van der Waals surface area contributed by atoms with Crippen molar-refractivity contribution >= 4 is 22.6 Å². The van der Waals surface area contributed by atoms with Gasteiger partial charge in [0.2, 0.25) is 0 Å². The molecular formula is C27H30F3N3O2. The second-order valence-corrected chi connectivity index (χ2v) is 11.0. The number of hydrogen-bond donors (Lipinski definition) is 2. The third-order valence-corrected chi connectivity index (χ3v) is 7.37. The van der Waals surface area contributed by atoms with E-state index in [1.54, 1.807) is 11.8 Å². The molecule has 0 spiro atoms. The van der Waals surface area contributed by atoms with E-state index in [1.165, 1.54) is 26.0 Å². The molecule has 0 amide bonds. The van der Waals surface area contributed by atoms with Crippen molar-refractivity contribution in [3.8, 4) is 0 Å². The standard InChI is InChI=1S/C27H30F3N3O2/c1-15-9-18-17-7-5-6-8-21(17)31-23(18)24(33(15)12-26(2,3)30)22-19(28)10-16(11-20(22)29)32-13-27(4,14-32)25(34)35/h5-8,10-11,15,24,31H,9,12-14H2,1-4H3,(H,34,35)/t15-,24-/m1/s1. The van der Waals surface area contributed by atoms with Gasteiger partial charge < -0.3 is 15.0 Å². The van der Waals surface area contributed by atoms with Crippen LogP contribution in [-0.2, 0) is 11.2 Å². The van der Waals surface area contributed by atoms with Crippen LogP contribution >= 0.6 is 0 Å². The van der Waals surface area contributed by atoms with E-state index in [4.69, 9.17) is 0 Å². The van der Waals surface area contributed by atoms with E-state index < -0.39 is 34.7 Å². The minimum absolute atomic E-state index is 0.0113. The van der Waals surface area contributed by atoms with Gasteiger partial charge in [-0.2, -0.15) is 0 Å². The van der Waals surface area contributed by atoms with Crippen LogP contribution in [0.25, 0.3) is 10.9 Å². The molecule has 0 unspecified atom stereocenters. The number of carbonyl (C=O) groups is 1. The Morgan fingerprint density at radius 1 is 1.20 bits per heavy atom. The number of carboxylic acids is 1. The lowest BCUT2D eigenvalue weighted by Gasteiger charge is -2.46. The number of carboxylic acid groups (broad SMARTS) is 1. The Balaban J connectivity index is 1.61. The van der Waals surface area contributed by atoms with Crippen LogP contribution in [0.15, 0.2) is 36.4 Å². The number of fused-ring (bicyclic) bond motifs is 3. The second-order valence-electron chi connectivity index (χ2n) is 11.0. The van der Waals surface area contributed by atoms with Crippen LogP contribution in [0.4, 0.5) is 18.9 Å². The lowest BCUT2D eigenvalue weighted by Crippen LogP contribution is -2.59. The summed E-state index contributed by atoms with van der Waals surface area (Å²) < 4.78 is 46.4. The fourth-order valence-corrected chi connectivity index (χ4v) is 5.63. The van der Waals surface area contributed by atoms with E-state index in [1.807, 2.05) is 36.1 Å². The Kier molecular flexibility index (Phi) is 5.43. The van der Waals surface area contributed by atoms with Gasteiger partial charge in [0.05, 0.1) is 11.5 Å². The molecule has 0 bridgehead atoms. The number of hydrogen-bond acceptors (Lipinski definition) is 3. The molecule has 2 atom stereocenters. The average Bonchev–Trinajstić information content (AvgIpc) is 3.10. The van der Waals surface area contributed by atoms with Crippen molar-refractivity contribution in [3.05, 3.63) is 64.9 Å². The number of H-pyrrole nitrogens is 1. The minimum Gasteiger partial charge on any atom is -0.481 e. The fourth-order valence-electron chi connectivity index (χ4n) is 5.63. The molecule has 0 aliphatic carbocycles. The first kappa shape index (κ1) is 23.7. The van der Waals surface area contributed by atoms with Crippen molar-refractivity contribution in [2.45, 2.75) is 51.9 Å². The lowest BCUT2D eigenvalue weighted by atomic mass is 9.81. The molecule has 35 heavy (non-hydrogen) atoms. The van der Waals surface area contributed by atoms with Crippen LogP contribution < -0.4 is 4.90 Å². The number of benzene rings is 2. The van der Waals surface area contributed by atoms with Crippen molar-refractivity contribution < 1.29 is 23.1 Å². The molecule has 186 valence electrons. The normalized spacial score (nSPS) is 22.2. The Bertz CT molecular complexity index is 1280. The van der Waals surface area contributed by atoms with Gasteiger partial charge in [0, 0.05) is 53.5 Å². The smallest absolute Gasteiger partial charge is 0.312 e. The van der Waals surface area contributed by atoms with E-state index in [-0.39, 0.29) is 31.2 Å². The summed E-state index contributed by atoms with van der Waals surface area (Å²) in [6.07, 6.45) is 0.634. The zero-order chi connectivity index (χ0) is 25.3. The summed E-state index contributed by atoms with van der Waals surface area (Å²) in [5, 5.41) is 10.4. The fraction of sp³-hybridized carbons (Fsp3) is 0.444. The summed E-state index contributed by atoms with van der Waals surface area (Å²) >= 11 is 0. The van der Waals surface area contributed by atoms with E-state index in [9.17, 15) is 14.3 Å². The molecule has 3 aromatic rings. The number of alkyl halides is 1. The molecular weight excluding hydrogens is 455 g/mol. The van der Waals surface area contributed by atoms with Gasteiger partial charge in [-0.05, 0) is 57.9 Å². The molecule has 0 saturated carbocycles. The van der Waals surface area contributed by atoms with Crippen LogP contribution in [0, 0.1) is 17.0 Å². The molecule has 1 saturated heterocycles. The van der Waals surface area contributed by atoms with E-state index in [0.29, 0.717) is 17.8 Å². The van der Waals surface area contributed by atoms with Gasteiger partial charge >= 0.3 is 5.97 Å². The molecule has 2 aromatic carbocycles. The third kappa shape index (κ3) is 3.97. The van der Waals surface area contributed by atoms with E-state index in [2.05, 4.69) is 4.98 Å². The first-order chi connectivity index (χ1) is 16.4. The maximum absolute atomic E-state index is 15.7. The highest BCUT2D eigenvalue weighted by Crippen LogP contribution is 2.44. The molecule has 0 radical (unpaired) electrons.